The first-order valence-corrected chi connectivity index (χ1v) is 28.1. The molecule has 4 aliphatic heterocycles. The number of anilines is 6. The van der Waals surface area contributed by atoms with Gasteiger partial charge in [-0.3, -0.25) is 0 Å². The first-order chi connectivity index (χ1) is 39.9. The van der Waals surface area contributed by atoms with Crippen LogP contribution in [0.15, 0.2) is 279 Å². The van der Waals surface area contributed by atoms with Crippen LogP contribution in [0, 0.1) is 0 Å². The molecule has 0 aromatic heterocycles. The van der Waals surface area contributed by atoms with Crippen molar-refractivity contribution in [2.75, 3.05) is 9.80 Å². The Morgan fingerprint density at radius 3 is 0.901 bits per heavy atom. The van der Waals surface area contributed by atoms with Gasteiger partial charge in [0.15, 0.2) is 0 Å². The van der Waals surface area contributed by atoms with E-state index in [1.807, 2.05) is 0 Å². The summed E-state index contributed by atoms with van der Waals surface area (Å²) in [5, 5.41) is 0. The highest BCUT2D eigenvalue weighted by Crippen LogP contribution is 2.68. The van der Waals surface area contributed by atoms with Gasteiger partial charge in [0.05, 0.1) is 33.6 Å². The molecule has 0 atom stereocenters. The zero-order valence-corrected chi connectivity index (χ0v) is 44.8. The van der Waals surface area contributed by atoms with Gasteiger partial charge in [-0.15, -0.1) is 0 Å². The number of nitrogens with zero attached hydrogens (tertiary/aromatic N) is 2. The summed E-state index contributed by atoms with van der Waals surface area (Å²) in [6, 6.07) is 103. The first kappa shape index (κ1) is 45.8. The van der Waals surface area contributed by atoms with Gasteiger partial charge in [0.1, 0.15) is 23.0 Å². The number of ether oxygens (including phenoxy) is 2. The maximum Gasteiger partial charge on any atom is 0.132 e. The predicted octanol–water partition coefficient (Wildman–Crippen LogP) is 19.9. The summed E-state index contributed by atoms with van der Waals surface area (Å²) in [7, 11) is 0. The van der Waals surface area contributed by atoms with E-state index in [-0.39, 0.29) is 0 Å². The van der Waals surface area contributed by atoms with Crippen LogP contribution in [0.2, 0.25) is 0 Å². The average Bonchev–Trinajstić information content (AvgIpc) is 3.81. The van der Waals surface area contributed by atoms with Crippen molar-refractivity contribution in [3.05, 3.63) is 335 Å². The van der Waals surface area contributed by atoms with Crippen LogP contribution in [-0.2, 0) is 16.2 Å². The topological polar surface area (TPSA) is 24.9 Å². The van der Waals surface area contributed by atoms with E-state index in [1.165, 1.54) is 66.8 Å². The predicted molar refractivity (Wildman–Crippen MR) is 328 cm³/mol. The third kappa shape index (κ3) is 6.19. The lowest BCUT2D eigenvalue weighted by molar-refractivity contribution is 0.433. The molecule has 5 aliphatic rings. The quantitative estimate of drug-likeness (QED) is 0.175. The van der Waals surface area contributed by atoms with Crippen molar-refractivity contribution < 1.29 is 9.47 Å². The van der Waals surface area contributed by atoms with Crippen molar-refractivity contribution >= 4 is 34.1 Å². The molecule has 17 rings (SSSR count). The number of fused-ring (bicyclic) bond motifs is 19. The molecule has 1 aliphatic carbocycles. The molecule has 0 saturated carbocycles. The van der Waals surface area contributed by atoms with Gasteiger partial charge < -0.3 is 19.3 Å². The fourth-order valence-corrected chi connectivity index (χ4v) is 14.9. The molecule has 0 fully saturated rings. The fraction of sp³-hybridized carbons (Fsp3) is 0.0649. The number of benzene rings is 12. The molecule has 4 heteroatoms. The van der Waals surface area contributed by atoms with Crippen LogP contribution < -0.4 is 19.3 Å². The van der Waals surface area contributed by atoms with Crippen molar-refractivity contribution in [3.63, 3.8) is 0 Å². The highest BCUT2D eigenvalue weighted by atomic mass is 16.5. The molecule has 2 spiro atoms. The first-order valence-electron chi connectivity index (χ1n) is 28.1. The number of para-hydroxylation sites is 6. The van der Waals surface area contributed by atoms with E-state index in [1.54, 1.807) is 0 Å². The van der Waals surface area contributed by atoms with Crippen LogP contribution in [0.1, 0.15) is 69.5 Å². The van der Waals surface area contributed by atoms with Crippen molar-refractivity contribution in [2.45, 2.75) is 30.1 Å². The Morgan fingerprint density at radius 2 is 0.543 bits per heavy atom. The Kier molecular flexibility index (Phi) is 9.57. The molecule has 0 radical (unpaired) electrons. The normalized spacial score (nSPS) is 15.2. The molecule has 0 N–H and O–H groups in total. The largest absolute Gasteiger partial charge is 0.457 e. The van der Waals surface area contributed by atoms with Gasteiger partial charge in [-0.1, -0.05) is 208 Å². The van der Waals surface area contributed by atoms with Crippen LogP contribution in [-0.4, -0.2) is 0 Å². The standard InChI is InChI=1S/C77H52N2O2/c1-75(2)63-47-69-65(76(59-27-11-17-33-71(59)80-72-34-18-12-28-60(72)76)57-25-9-15-31-67(57)78(69)53-41-37-51(38-42-53)49-21-5-3-6-22-49)45-55(63)56-46-66-70(48-64(56)75)79(54-43-39-52(40-44-54)50-23-7-4-8-24-50)68-32-16-10-26-58(68)77(66)61-29-13-19-35-73(61)81-74-36-20-14-30-62(74)77/h3-48H,1-2H3. The summed E-state index contributed by atoms with van der Waals surface area (Å²) in [5.74, 6) is 3.45. The lowest BCUT2D eigenvalue weighted by Gasteiger charge is -2.49. The molecule has 4 nitrogen and oxygen atoms in total. The summed E-state index contributed by atoms with van der Waals surface area (Å²) in [6.07, 6.45) is 0. The Labute approximate surface area is 472 Å². The van der Waals surface area contributed by atoms with E-state index in [4.69, 9.17) is 9.47 Å². The summed E-state index contributed by atoms with van der Waals surface area (Å²) in [6.45, 7) is 4.87. The minimum atomic E-state index is -0.755. The van der Waals surface area contributed by atoms with Gasteiger partial charge in [-0.25, -0.2) is 0 Å². The van der Waals surface area contributed by atoms with E-state index in [9.17, 15) is 0 Å². The van der Waals surface area contributed by atoms with Gasteiger partial charge in [0, 0.05) is 39.0 Å². The Balaban J connectivity index is 0.973. The minimum absolute atomic E-state index is 0.439. The molecule has 4 heterocycles. The average molecular weight is 1040 g/mol. The van der Waals surface area contributed by atoms with E-state index in [0.717, 1.165) is 79.4 Å². The van der Waals surface area contributed by atoms with Crippen LogP contribution in [0.4, 0.5) is 34.1 Å². The molecular formula is C77H52N2O2. The van der Waals surface area contributed by atoms with Crippen LogP contribution >= 0.6 is 0 Å². The lowest BCUT2D eigenvalue weighted by atomic mass is 9.60. The number of hydrogen-bond acceptors (Lipinski definition) is 4. The third-order valence-electron chi connectivity index (χ3n) is 18.4. The molecule has 382 valence electrons. The van der Waals surface area contributed by atoms with Gasteiger partial charge in [-0.05, 0) is 152 Å². The zero-order chi connectivity index (χ0) is 53.6. The highest BCUT2D eigenvalue weighted by molar-refractivity contribution is 5.99. The summed E-state index contributed by atoms with van der Waals surface area (Å²) < 4.78 is 13.9. The molecule has 12 aromatic rings. The molecular weight excluding hydrogens is 985 g/mol. The summed E-state index contributed by atoms with van der Waals surface area (Å²) >= 11 is 0. The molecule has 0 unspecified atom stereocenters. The van der Waals surface area contributed by atoms with E-state index in [2.05, 4.69) is 303 Å². The molecule has 0 bridgehead atoms. The monoisotopic (exact) mass is 1040 g/mol. The highest BCUT2D eigenvalue weighted by Gasteiger charge is 2.55. The van der Waals surface area contributed by atoms with Crippen molar-refractivity contribution in [1.82, 2.24) is 0 Å². The Bertz CT molecular complexity index is 4180. The Morgan fingerprint density at radius 1 is 0.247 bits per heavy atom. The van der Waals surface area contributed by atoms with Gasteiger partial charge in [0.25, 0.3) is 0 Å². The van der Waals surface area contributed by atoms with E-state index < -0.39 is 16.2 Å². The van der Waals surface area contributed by atoms with E-state index >= 15 is 0 Å². The second kappa shape index (κ2) is 16.9. The van der Waals surface area contributed by atoms with Crippen molar-refractivity contribution in [1.29, 1.82) is 0 Å². The van der Waals surface area contributed by atoms with Crippen molar-refractivity contribution in [3.8, 4) is 56.4 Å². The zero-order valence-electron chi connectivity index (χ0n) is 44.8. The molecule has 0 amide bonds. The molecule has 12 aromatic carbocycles. The van der Waals surface area contributed by atoms with Crippen LogP contribution in [0.3, 0.4) is 0 Å². The number of rotatable bonds is 4. The van der Waals surface area contributed by atoms with Crippen LogP contribution in [0.5, 0.6) is 23.0 Å². The van der Waals surface area contributed by atoms with Gasteiger partial charge in [0.2, 0.25) is 0 Å². The minimum Gasteiger partial charge on any atom is -0.457 e. The van der Waals surface area contributed by atoms with Gasteiger partial charge >= 0.3 is 0 Å². The maximum absolute atomic E-state index is 6.94. The summed E-state index contributed by atoms with van der Waals surface area (Å²) in [5.41, 5.74) is 23.9. The SMILES string of the molecule is CC1(C)c2cc3c(cc2-c2cc4c(cc21)N(c1ccc(-c2ccccc2)cc1)c1ccccc1C41c2ccccc2Oc2ccccc21)C1(c2ccccc2Oc2ccccc21)c1ccccc1N3c1ccc(-c2ccccc2)cc1. The fourth-order valence-electron chi connectivity index (χ4n) is 14.9. The smallest absolute Gasteiger partial charge is 0.132 e. The second-order valence-corrected chi connectivity index (χ2v) is 22.7. The van der Waals surface area contributed by atoms with Gasteiger partial charge in [-0.2, -0.15) is 0 Å². The maximum atomic E-state index is 6.94. The Hall–Kier alpha value is -10.2. The molecule has 81 heavy (non-hydrogen) atoms. The lowest BCUT2D eigenvalue weighted by Crippen LogP contribution is -2.40. The number of hydrogen-bond donors (Lipinski definition) is 0. The third-order valence-corrected chi connectivity index (χ3v) is 18.4. The van der Waals surface area contributed by atoms with Crippen molar-refractivity contribution in [2.24, 2.45) is 0 Å². The van der Waals surface area contributed by atoms with E-state index in [0.29, 0.717) is 0 Å². The summed E-state index contributed by atoms with van der Waals surface area (Å²) in [4.78, 5) is 5.05. The second-order valence-electron chi connectivity index (χ2n) is 22.7. The van der Waals surface area contributed by atoms with Crippen LogP contribution in [0.25, 0.3) is 33.4 Å². The molecule has 0 saturated heterocycles.